The highest BCUT2D eigenvalue weighted by Gasteiger charge is 2.22. The van der Waals surface area contributed by atoms with E-state index in [0.29, 0.717) is 6.42 Å². The molecule has 0 saturated carbocycles. The molecule has 5 heteroatoms. The van der Waals surface area contributed by atoms with Crippen LogP contribution in [-0.2, 0) is 4.79 Å². The van der Waals surface area contributed by atoms with E-state index in [1.807, 2.05) is 6.08 Å². The van der Waals surface area contributed by atoms with Crippen LogP contribution in [0.5, 0.6) is 0 Å². The lowest BCUT2D eigenvalue weighted by Gasteiger charge is -2.21. The second-order valence-electron chi connectivity index (χ2n) is 14.9. The van der Waals surface area contributed by atoms with E-state index in [-0.39, 0.29) is 6.61 Å². The van der Waals surface area contributed by atoms with E-state index in [2.05, 4.69) is 31.3 Å². The van der Waals surface area contributed by atoms with Crippen LogP contribution >= 0.6 is 0 Å². The van der Waals surface area contributed by atoms with Gasteiger partial charge < -0.3 is 20.6 Å². The van der Waals surface area contributed by atoms with Gasteiger partial charge in [-0.05, 0) is 32.1 Å². The Morgan fingerprint density at radius 1 is 0.490 bits per heavy atom. The first kappa shape index (κ1) is 47.8. The summed E-state index contributed by atoms with van der Waals surface area (Å²) in [5.74, 6) is -0.512. The third-order valence-electron chi connectivity index (χ3n) is 10.0. The van der Waals surface area contributed by atoms with Crippen molar-refractivity contribution in [3.05, 3.63) is 24.3 Å². The maximum absolute atomic E-state index is 12.4. The summed E-state index contributed by atoms with van der Waals surface area (Å²) in [6, 6.07) is -0.809. The van der Waals surface area contributed by atoms with Crippen molar-refractivity contribution in [2.45, 2.75) is 244 Å². The van der Waals surface area contributed by atoms with Crippen molar-refractivity contribution < 1.29 is 20.1 Å². The summed E-state index contributed by atoms with van der Waals surface area (Å²) >= 11 is 0. The van der Waals surface area contributed by atoms with Crippen LogP contribution in [0.1, 0.15) is 226 Å². The lowest BCUT2D eigenvalue weighted by molar-refractivity contribution is -0.131. The molecule has 49 heavy (non-hydrogen) atoms. The highest BCUT2D eigenvalue weighted by atomic mass is 16.3. The first-order chi connectivity index (χ1) is 24.1. The average molecular weight is 692 g/mol. The summed E-state index contributed by atoms with van der Waals surface area (Å²) in [4.78, 5) is 12.4. The molecule has 0 aliphatic heterocycles. The Morgan fingerprint density at radius 2 is 0.837 bits per heavy atom. The number of carbonyl (C=O) groups is 1. The van der Waals surface area contributed by atoms with Gasteiger partial charge in [-0.15, -0.1) is 0 Å². The summed E-state index contributed by atoms with van der Waals surface area (Å²) in [6.45, 7) is 4.14. The molecule has 0 aliphatic rings. The van der Waals surface area contributed by atoms with Crippen molar-refractivity contribution in [3.8, 4) is 0 Å². The van der Waals surface area contributed by atoms with Gasteiger partial charge in [-0.25, -0.2) is 0 Å². The van der Waals surface area contributed by atoms with E-state index in [4.69, 9.17) is 0 Å². The molecule has 0 bridgehead atoms. The van der Waals surface area contributed by atoms with Crippen molar-refractivity contribution in [1.82, 2.24) is 5.32 Å². The zero-order chi connectivity index (χ0) is 35.9. The number of hydrogen-bond donors (Lipinski definition) is 4. The molecule has 0 aromatic rings. The van der Waals surface area contributed by atoms with Gasteiger partial charge in [-0.2, -0.15) is 0 Å². The van der Waals surface area contributed by atoms with Gasteiger partial charge in [-0.3, -0.25) is 4.79 Å². The van der Waals surface area contributed by atoms with Gasteiger partial charge in [0.25, 0.3) is 0 Å². The molecule has 0 aliphatic carbocycles. The Balaban J connectivity index is 3.56. The Hall–Kier alpha value is -1.17. The minimum absolute atomic E-state index is 0.374. The van der Waals surface area contributed by atoms with Gasteiger partial charge in [0, 0.05) is 0 Å². The maximum Gasteiger partial charge on any atom is 0.249 e. The van der Waals surface area contributed by atoms with Gasteiger partial charge in [0.1, 0.15) is 6.10 Å². The predicted octanol–water partition coefficient (Wildman–Crippen LogP) is 12.2. The van der Waals surface area contributed by atoms with Gasteiger partial charge in [0.15, 0.2) is 0 Å². The van der Waals surface area contributed by atoms with Crippen LogP contribution in [0.15, 0.2) is 24.3 Å². The van der Waals surface area contributed by atoms with E-state index in [0.717, 1.165) is 38.5 Å². The molecule has 0 radical (unpaired) electrons. The predicted molar refractivity (Wildman–Crippen MR) is 213 cm³/mol. The standard InChI is InChI=1S/C44H85NO4/c1-3-5-7-9-11-13-15-16-17-18-19-20-21-22-23-24-25-26-27-28-29-31-33-35-37-39-43(48)44(49)45-41(40-46)42(47)38-36-34-32-30-14-12-10-8-6-4-2/h14,30,36,38,41-43,46-48H,3-13,15-29,31-35,37,39-40H2,1-2H3,(H,45,49)/b30-14+,38-36+. The van der Waals surface area contributed by atoms with E-state index >= 15 is 0 Å². The molecule has 4 N–H and O–H groups in total. The number of rotatable bonds is 39. The lowest BCUT2D eigenvalue weighted by Crippen LogP contribution is -2.48. The number of allylic oxidation sites excluding steroid dienone is 3. The van der Waals surface area contributed by atoms with Crippen LogP contribution < -0.4 is 5.32 Å². The average Bonchev–Trinajstić information content (AvgIpc) is 3.11. The molecule has 0 spiro atoms. The Labute approximate surface area is 305 Å². The van der Waals surface area contributed by atoms with Gasteiger partial charge >= 0.3 is 0 Å². The summed E-state index contributed by atoms with van der Waals surface area (Å²) in [5.41, 5.74) is 0. The lowest BCUT2D eigenvalue weighted by atomic mass is 10.0. The molecule has 290 valence electrons. The zero-order valence-corrected chi connectivity index (χ0v) is 32.8. The second kappa shape index (κ2) is 39.6. The second-order valence-corrected chi connectivity index (χ2v) is 14.9. The largest absolute Gasteiger partial charge is 0.394 e. The first-order valence-corrected chi connectivity index (χ1v) is 21.7. The smallest absolute Gasteiger partial charge is 0.249 e. The first-order valence-electron chi connectivity index (χ1n) is 21.7. The molecule has 3 atom stereocenters. The van der Waals surface area contributed by atoms with Crippen LogP contribution in [0, 0.1) is 0 Å². The fraction of sp³-hybridized carbons (Fsp3) is 0.886. The van der Waals surface area contributed by atoms with Crippen molar-refractivity contribution in [2.24, 2.45) is 0 Å². The van der Waals surface area contributed by atoms with Crippen LogP contribution in [0.2, 0.25) is 0 Å². The van der Waals surface area contributed by atoms with E-state index in [9.17, 15) is 20.1 Å². The van der Waals surface area contributed by atoms with E-state index in [1.165, 1.54) is 167 Å². The normalized spacial score (nSPS) is 13.8. The van der Waals surface area contributed by atoms with Gasteiger partial charge in [-0.1, -0.05) is 218 Å². The molecular weight excluding hydrogens is 606 g/mol. The summed E-state index contributed by atoms with van der Waals surface area (Å²) in [6.07, 6.45) is 48.0. The van der Waals surface area contributed by atoms with Crippen molar-refractivity contribution >= 4 is 5.91 Å². The number of nitrogens with one attached hydrogen (secondary N) is 1. The van der Waals surface area contributed by atoms with Crippen LogP contribution in [0.25, 0.3) is 0 Å². The molecule has 0 aromatic heterocycles. The third-order valence-corrected chi connectivity index (χ3v) is 10.0. The quantitative estimate of drug-likeness (QED) is 0.0381. The Bertz CT molecular complexity index is 724. The fourth-order valence-electron chi connectivity index (χ4n) is 6.61. The highest BCUT2D eigenvalue weighted by molar-refractivity contribution is 5.80. The summed E-state index contributed by atoms with van der Waals surface area (Å²) < 4.78 is 0. The summed E-state index contributed by atoms with van der Waals surface area (Å²) in [7, 11) is 0. The molecule has 0 fully saturated rings. The van der Waals surface area contributed by atoms with E-state index < -0.39 is 24.2 Å². The van der Waals surface area contributed by atoms with Crippen molar-refractivity contribution in [3.63, 3.8) is 0 Å². The molecule has 3 unspecified atom stereocenters. The van der Waals surface area contributed by atoms with Crippen molar-refractivity contribution in [1.29, 1.82) is 0 Å². The molecule has 1 amide bonds. The van der Waals surface area contributed by atoms with Crippen molar-refractivity contribution in [2.75, 3.05) is 6.61 Å². The molecule has 0 heterocycles. The monoisotopic (exact) mass is 692 g/mol. The number of aliphatic hydroxyl groups excluding tert-OH is 3. The van der Waals surface area contributed by atoms with Crippen LogP contribution in [0.3, 0.4) is 0 Å². The number of unbranched alkanes of at least 4 members (excludes halogenated alkanes) is 29. The topological polar surface area (TPSA) is 89.8 Å². The third kappa shape index (κ3) is 35.0. The minimum atomic E-state index is -1.10. The SMILES string of the molecule is CCCCCC/C=C/CC/C=C/C(O)C(CO)NC(=O)C(O)CCCCCCCCCCCCCCCCCCCCCCCCCCC. The van der Waals surface area contributed by atoms with Crippen LogP contribution in [0.4, 0.5) is 0 Å². The van der Waals surface area contributed by atoms with Gasteiger partial charge in [0.05, 0.1) is 18.8 Å². The molecular formula is C44H85NO4. The Kier molecular flexibility index (Phi) is 38.7. The molecule has 0 rings (SSSR count). The molecule has 5 nitrogen and oxygen atoms in total. The highest BCUT2D eigenvalue weighted by Crippen LogP contribution is 2.16. The molecule has 0 saturated heterocycles. The van der Waals surface area contributed by atoms with Gasteiger partial charge in [0.2, 0.25) is 5.91 Å². The minimum Gasteiger partial charge on any atom is -0.394 e. The number of aliphatic hydroxyl groups is 3. The van der Waals surface area contributed by atoms with Crippen LogP contribution in [-0.4, -0.2) is 46.1 Å². The maximum atomic E-state index is 12.4. The molecule has 0 aromatic carbocycles. The Morgan fingerprint density at radius 3 is 1.24 bits per heavy atom. The number of amides is 1. The summed E-state index contributed by atoms with van der Waals surface area (Å²) in [5, 5.41) is 32.9. The fourth-order valence-corrected chi connectivity index (χ4v) is 6.61. The number of carbonyl (C=O) groups excluding carboxylic acids is 1. The number of hydrogen-bond acceptors (Lipinski definition) is 4. The van der Waals surface area contributed by atoms with E-state index in [1.54, 1.807) is 6.08 Å². The zero-order valence-electron chi connectivity index (χ0n) is 32.8.